The van der Waals surface area contributed by atoms with Gasteiger partial charge in [-0.15, -0.1) is 11.3 Å². The van der Waals surface area contributed by atoms with Crippen LogP contribution in [-0.2, 0) is 4.79 Å². The van der Waals surface area contributed by atoms with Gasteiger partial charge in [0.05, 0.1) is 0 Å². The van der Waals surface area contributed by atoms with E-state index in [-0.39, 0.29) is 11.9 Å². The minimum absolute atomic E-state index is 0.0536. The number of nitrogens with zero attached hydrogens (tertiary/aromatic N) is 2. The van der Waals surface area contributed by atoms with E-state index in [1.807, 2.05) is 13.8 Å². The third-order valence-corrected chi connectivity index (χ3v) is 2.62. The Kier molecular flexibility index (Phi) is 3.46. The molecule has 1 atom stereocenters. The Hall–Kier alpha value is -1.10. The molecule has 0 radical (unpaired) electrons. The summed E-state index contributed by atoms with van der Waals surface area (Å²) in [6, 6.07) is -0.226. The lowest BCUT2D eigenvalue weighted by molar-refractivity contribution is -0.129. The van der Waals surface area contributed by atoms with Crippen molar-refractivity contribution in [2.75, 3.05) is 19.4 Å². The number of nitrogens with one attached hydrogen (secondary N) is 1. The number of likely N-dealkylation sites (N-methyl/N-ethyl adjacent to an activating group) is 1. The SMILES string of the molecule is Cc1cnc(N[C@@H](C)C(=O)N(C)C)s1. The number of hydrogen-bond acceptors (Lipinski definition) is 4. The predicted molar refractivity (Wildman–Crippen MR) is 58.6 cm³/mol. The second-order valence-electron chi connectivity index (χ2n) is 3.37. The van der Waals surface area contributed by atoms with Gasteiger partial charge in [0.2, 0.25) is 5.91 Å². The van der Waals surface area contributed by atoms with E-state index in [9.17, 15) is 4.79 Å². The van der Waals surface area contributed by atoms with E-state index in [4.69, 9.17) is 0 Å². The number of aromatic nitrogens is 1. The molecule has 78 valence electrons. The van der Waals surface area contributed by atoms with Crippen LogP contribution in [0, 0.1) is 6.92 Å². The molecule has 1 aromatic heterocycles. The number of aryl methyl sites for hydroxylation is 1. The second-order valence-corrected chi connectivity index (χ2v) is 4.61. The molecular weight excluding hydrogens is 198 g/mol. The maximum Gasteiger partial charge on any atom is 0.244 e. The molecule has 0 aliphatic carbocycles. The van der Waals surface area contributed by atoms with Crippen LogP contribution in [0.2, 0.25) is 0 Å². The first-order valence-corrected chi connectivity index (χ1v) is 5.22. The first-order valence-electron chi connectivity index (χ1n) is 4.41. The Bertz CT molecular complexity index is 322. The van der Waals surface area contributed by atoms with Crippen molar-refractivity contribution < 1.29 is 4.79 Å². The minimum Gasteiger partial charge on any atom is -0.350 e. The van der Waals surface area contributed by atoms with E-state index in [2.05, 4.69) is 10.3 Å². The Balaban J connectivity index is 2.57. The van der Waals surface area contributed by atoms with Gasteiger partial charge in [-0.3, -0.25) is 4.79 Å². The third-order valence-electron chi connectivity index (χ3n) is 1.77. The summed E-state index contributed by atoms with van der Waals surface area (Å²) in [5.41, 5.74) is 0. The van der Waals surface area contributed by atoms with Crippen molar-refractivity contribution in [3.05, 3.63) is 11.1 Å². The van der Waals surface area contributed by atoms with Crippen molar-refractivity contribution in [2.24, 2.45) is 0 Å². The number of amides is 1. The van der Waals surface area contributed by atoms with Gasteiger partial charge in [-0.05, 0) is 13.8 Å². The molecule has 5 heteroatoms. The smallest absolute Gasteiger partial charge is 0.244 e. The highest BCUT2D eigenvalue weighted by Crippen LogP contribution is 2.17. The molecular formula is C9H15N3OS. The van der Waals surface area contributed by atoms with Gasteiger partial charge in [-0.2, -0.15) is 0 Å². The zero-order valence-electron chi connectivity index (χ0n) is 8.87. The van der Waals surface area contributed by atoms with E-state index < -0.39 is 0 Å². The van der Waals surface area contributed by atoms with E-state index >= 15 is 0 Å². The zero-order valence-corrected chi connectivity index (χ0v) is 9.68. The van der Waals surface area contributed by atoms with Crippen LogP contribution in [0.5, 0.6) is 0 Å². The molecule has 0 bridgehead atoms. The van der Waals surface area contributed by atoms with Gasteiger partial charge in [-0.25, -0.2) is 4.98 Å². The molecule has 1 aromatic rings. The van der Waals surface area contributed by atoms with Gasteiger partial charge in [0, 0.05) is 25.2 Å². The summed E-state index contributed by atoms with van der Waals surface area (Å²) in [6.07, 6.45) is 1.79. The highest BCUT2D eigenvalue weighted by atomic mass is 32.1. The molecule has 0 aliphatic rings. The number of anilines is 1. The molecule has 0 aliphatic heterocycles. The fourth-order valence-electron chi connectivity index (χ4n) is 1.06. The van der Waals surface area contributed by atoms with Gasteiger partial charge in [-0.1, -0.05) is 0 Å². The van der Waals surface area contributed by atoms with E-state index in [0.29, 0.717) is 0 Å². The number of carbonyl (C=O) groups excluding carboxylic acids is 1. The monoisotopic (exact) mass is 213 g/mol. The van der Waals surface area contributed by atoms with Gasteiger partial charge >= 0.3 is 0 Å². The maximum atomic E-state index is 11.5. The Labute approximate surface area is 88.0 Å². The molecule has 0 unspecified atom stereocenters. The largest absolute Gasteiger partial charge is 0.350 e. The van der Waals surface area contributed by atoms with Crippen LogP contribution >= 0.6 is 11.3 Å². The lowest BCUT2D eigenvalue weighted by Gasteiger charge is -2.17. The molecule has 1 rings (SSSR count). The number of rotatable bonds is 3. The average molecular weight is 213 g/mol. The van der Waals surface area contributed by atoms with Crippen LogP contribution in [0.3, 0.4) is 0 Å². The van der Waals surface area contributed by atoms with Gasteiger partial charge in [0.1, 0.15) is 6.04 Å². The number of hydrogen-bond donors (Lipinski definition) is 1. The minimum atomic E-state index is -0.226. The molecule has 0 fully saturated rings. The molecule has 14 heavy (non-hydrogen) atoms. The van der Waals surface area contributed by atoms with E-state index in [0.717, 1.165) is 10.0 Å². The van der Waals surface area contributed by atoms with Crippen LogP contribution in [-0.4, -0.2) is 35.9 Å². The van der Waals surface area contributed by atoms with E-state index in [1.54, 1.807) is 36.5 Å². The second kappa shape index (κ2) is 4.41. The molecule has 0 aromatic carbocycles. The van der Waals surface area contributed by atoms with Crippen molar-refractivity contribution >= 4 is 22.4 Å². The molecule has 0 saturated heterocycles. The Morgan fingerprint density at radius 1 is 1.64 bits per heavy atom. The van der Waals surface area contributed by atoms with E-state index in [1.165, 1.54) is 0 Å². The molecule has 1 amide bonds. The zero-order chi connectivity index (χ0) is 10.7. The number of carbonyl (C=O) groups is 1. The van der Waals surface area contributed by atoms with Crippen LogP contribution in [0.1, 0.15) is 11.8 Å². The lowest BCUT2D eigenvalue weighted by atomic mass is 10.3. The van der Waals surface area contributed by atoms with Gasteiger partial charge in [0.15, 0.2) is 5.13 Å². The van der Waals surface area contributed by atoms with Gasteiger partial charge in [0.25, 0.3) is 0 Å². The lowest BCUT2D eigenvalue weighted by Crippen LogP contribution is -2.36. The van der Waals surface area contributed by atoms with Crippen molar-refractivity contribution in [3.8, 4) is 0 Å². The highest BCUT2D eigenvalue weighted by Gasteiger charge is 2.15. The van der Waals surface area contributed by atoms with Gasteiger partial charge < -0.3 is 10.2 Å². The standard InChI is InChI=1S/C9H15N3OS/c1-6-5-10-9(14-6)11-7(2)8(13)12(3)4/h5,7H,1-4H3,(H,10,11)/t7-/m0/s1. The molecule has 0 saturated carbocycles. The highest BCUT2D eigenvalue weighted by molar-refractivity contribution is 7.15. The van der Waals surface area contributed by atoms with Crippen molar-refractivity contribution in [3.63, 3.8) is 0 Å². The fourth-order valence-corrected chi connectivity index (χ4v) is 1.81. The third kappa shape index (κ3) is 2.70. The summed E-state index contributed by atoms with van der Waals surface area (Å²) < 4.78 is 0. The summed E-state index contributed by atoms with van der Waals surface area (Å²) in [5.74, 6) is 0.0536. The van der Waals surface area contributed by atoms with Crippen LogP contribution in [0.4, 0.5) is 5.13 Å². The molecule has 4 nitrogen and oxygen atoms in total. The Morgan fingerprint density at radius 3 is 2.71 bits per heavy atom. The first kappa shape index (κ1) is 11.0. The van der Waals surface area contributed by atoms with Crippen molar-refractivity contribution in [2.45, 2.75) is 19.9 Å². The van der Waals surface area contributed by atoms with Crippen molar-refractivity contribution in [1.82, 2.24) is 9.88 Å². The first-order chi connectivity index (χ1) is 6.50. The summed E-state index contributed by atoms with van der Waals surface area (Å²) in [5, 5.41) is 3.86. The Morgan fingerprint density at radius 2 is 2.29 bits per heavy atom. The summed E-state index contributed by atoms with van der Waals surface area (Å²) in [4.78, 5) is 18.3. The molecule has 1 N–H and O–H groups in total. The summed E-state index contributed by atoms with van der Waals surface area (Å²) >= 11 is 1.55. The predicted octanol–water partition coefficient (Wildman–Crippen LogP) is 1.34. The number of thiazole rings is 1. The van der Waals surface area contributed by atoms with Crippen LogP contribution < -0.4 is 5.32 Å². The fraction of sp³-hybridized carbons (Fsp3) is 0.556. The average Bonchev–Trinajstić information content (AvgIpc) is 2.49. The summed E-state index contributed by atoms with van der Waals surface area (Å²) in [6.45, 7) is 3.82. The normalized spacial score (nSPS) is 12.3. The maximum absolute atomic E-state index is 11.5. The van der Waals surface area contributed by atoms with Crippen LogP contribution in [0.25, 0.3) is 0 Å². The van der Waals surface area contributed by atoms with Crippen molar-refractivity contribution in [1.29, 1.82) is 0 Å². The van der Waals surface area contributed by atoms with Crippen LogP contribution in [0.15, 0.2) is 6.20 Å². The molecule has 0 spiro atoms. The summed E-state index contributed by atoms with van der Waals surface area (Å²) in [7, 11) is 3.49. The topological polar surface area (TPSA) is 45.2 Å². The molecule has 1 heterocycles. The quantitative estimate of drug-likeness (QED) is 0.824.